The molecule has 2 rings (SSSR count). The fourth-order valence-electron chi connectivity index (χ4n) is 2.81. The number of nitrogens with one attached hydrogen (secondary N) is 2. The van der Waals surface area contributed by atoms with Gasteiger partial charge in [0.25, 0.3) is 0 Å². The van der Waals surface area contributed by atoms with E-state index in [9.17, 15) is 0 Å². The Kier molecular flexibility index (Phi) is 9.57. The molecule has 0 bridgehead atoms. The van der Waals surface area contributed by atoms with Gasteiger partial charge in [-0.15, -0.1) is 0 Å². The maximum Gasteiger partial charge on any atom is 0.191 e. The Morgan fingerprint density at radius 3 is 2.86 bits per heavy atom. The van der Waals surface area contributed by atoms with Crippen molar-refractivity contribution in [2.75, 3.05) is 33.4 Å². The van der Waals surface area contributed by atoms with Gasteiger partial charge in [0.15, 0.2) is 5.96 Å². The summed E-state index contributed by atoms with van der Waals surface area (Å²) in [6, 6.07) is 3.78. The van der Waals surface area contributed by atoms with Gasteiger partial charge in [0, 0.05) is 38.1 Å². The van der Waals surface area contributed by atoms with Crippen LogP contribution in [0.1, 0.15) is 36.1 Å². The van der Waals surface area contributed by atoms with E-state index in [1.807, 2.05) is 23.7 Å². The molecule has 0 aromatic carbocycles. The second kappa shape index (κ2) is 12.2. The van der Waals surface area contributed by atoms with Gasteiger partial charge in [0.2, 0.25) is 0 Å². The highest BCUT2D eigenvalue weighted by Gasteiger charge is 2.11. The van der Waals surface area contributed by atoms with Crippen LogP contribution in [0.3, 0.4) is 0 Å². The topological polar surface area (TPSA) is 85.8 Å². The predicted octanol–water partition coefficient (Wildman–Crippen LogP) is 2.40. The molecular weight excluding hydrogens is 358 g/mol. The summed E-state index contributed by atoms with van der Waals surface area (Å²) in [6.45, 7) is 10.9. The summed E-state index contributed by atoms with van der Waals surface area (Å²) in [5.41, 5.74) is 3.31. The van der Waals surface area contributed by atoms with Gasteiger partial charge in [-0.2, -0.15) is 5.10 Å². The van der Waals surface area contributed by atoms with Gasteiger partial charge in [-0.25, -0.2) is 4.99 Å². The summed E-state index contributed by atoms with van der Waals surface area (Å²) in [6.07, 6.45) is 2.54. The minimum atomic E-state index is 0.507. The van der Waals surface area contributed by atoms with Crippen molar-refractivity contribution in [3.63, 3.8) is 0 Å². The number of ether oxygens (including phenoxy) is 2. The van der Waals surface area contributed by atoms with Crippen molar-refractivity contribution >= 4 is 5.96 Å². The lowest BCUT2D eigenvalue weighted by Crippen LogP contribution is -2.38. The molecule has 0 radical (unpaired) electrons. The number of nitrogens with zero attached hydrogens (tertiary/aromatic N) is 3. The monoisotopic (exact) mass is 391 g/mol. The van der Waals surface area contributed by atoms with Crippen LogP contribution in [0.15, 0.2) is 27.8 Å². The third kappa shape index (κ3) is 7.01. The van der Waals surface area contributed by atoms with E-state index in [1.165, 1.54) is 0 Å². The standard InChI is InChI=1S/C20H33N5O3/c1-5-21-20(22-9-7-11-27-15-18-8-6-12-28-18)23-14-19-16(2)24-25(17(19)3)10-13-26-4/h6,8,12H,5,7,9-11,13-15H2,1-4H3,(H2,21,22,23). The van der Waals surface area contributed by atoms with Crippen LogP contribution < -0.4 is 10.6 Å². The summed E-state index contributed by atoms with van der Waals surface area (Å²) in [7, 11) is 1.70. The number of methoxy groups -OCH3 is 1. The van der Waals surface area contributed by atoms with Gasteiger partial charge in [0.05, 0.1) is 31.7 Å². The molecule has 2 N–H and O–H groups in total. The number of aromatic nitrogens is 2. The number of furan rings is 1. The van der Waals surface area contributed by atoms with Gasteiger partial charge >= 0.3 is 0 Å². The zero-order valence-electron chi connectivity index (χ0n) is 17.5. The minimum Gasteiger partial charge on any atom is -0.467 e. The Hall–Kier alpha value is -2.32. The highest BCUT2D eigenvalue weighted by atomic mass is 16.5. The summed E-state index contributed by atoms with van der Waals surface area (Å²) < 4.78 is 18.0. The highest BCUT2D eigenvalue weighted by Crippen LogP contribution is 2.14. The van der Waals surface area contributed by atoms with Crippen molar-refractivity contribution in [3.8, 4) is 0 Å². The van der Waals surface area contributed by atoms with Crippen LogP contribution in [0.5, 0.6) is 0 Å². The van der Waals surface area contributed by atoms with Crippen LogP contribution in [0.4, 0.5) is 0 Å². The predicted molar refractivity (Wildman–Crippen MR) is 109 cm³/mol. The Balaban J connectivity index is 1.79. The summed E-state index contributed by atoms with van der Waals surface area (Å²) >= 11 is 0. The summed E-state index contributed by atoms with van der Waals surface area (Å²) in [5.74, 6) is 1.65. The molecule has 0 spiro atoms. The average molecular weight is 392 g/mol. The van der Waals surface area contributed by atoms with E-state index in [4.69, 9.17) is 18.9 Å². The van der Waals surface area contributed by atoms with E-state index in [2.05, 4.69) is 29.6 Å². The van der Waals surface area contributed by atoms with Crippen LogP contribution in [0.2, 0.25) is 0 Å². The van der Waals surface area contributed by atoms with E-state index < -0.39 is 0 Å². The molecule has 0 aliphatic rings. The minimum absolute atomic E-state index is 0.507. The Morgan fingerprint density at radius 2 is 2.14 bits per heavy atom. The zero-order chi connectivity index (χ0) is 20.2. The average Bonchev–Trinajstić information content (AvgIpc) is 3.29. The molecule has 2 heterocycles. The van der Waals surface area contributed by atoms with Crippen LogP contribution in [0.25, 0.3) is 0 Å². The van der Waals surface area contributed by atoms with Crippen LogP contribution >= 0.6 is 0 Å². The normalized spacial score (nSPS) is 11.8. The van der Waals surface area contributed by atoms with Gasteiger partial charge in [-0.1, -0.05) is 0 Å². The third-order valence-corrected chi connectivity index (χ3v) is 4.36. The van der Waals surface area contributed by atoms with E-state index in [-0.39, 0.29) is 0 Å². The molecule has 8 heteroatoms. The van der Waals surface area contributed by atoms with Crippen molar-refractivity contribution in [2.24, 2.45) is 4.99 Å². The van der Waals surface area contributed by atoms with Gasteiger partial charge < -0.3 is 24.5 Å². The van der Waals surface area contributed by atoms with E-state index in [0.717, 1.165) is 54.7 Å². The molecule has 2 aromatic heterocycles. The molecule has 2 aromatic rings. The lowest BCUT2D eigenvalue weighted by molar-refractivity contribution is 0.105. The number of aryl methyl sites for hydroxylation is 1. The first-order chi connectivity index (χ1) is 13.7. The van der Waals surface area contributed by atoms with E-state index in [1.54, 1.807) is 13.4 Å². The second-order valence-corrected chi connectivity index (χ2v) is 6.47. The molecule has 0 fully saturated rings. The zero-order valence-corrected chi connectivity index (χ0v) is 17.5. The maximum absolute atomic E-state index is 5.60. The first kappa shape index (κ1) is 22.0. The Bertz CT molecular complexity index is 710. The number of rotatable bonds is 12. The van der Waals surface area contributed by atoms with Gasteiger partial charge in [-0.05, 0) is 39.3 Å². The number of hydrogen-bond donors (Lipinski definition) is 2. The molecule has 0 aliphatic heterocycles. The maximum atomic E-state index is 5.60. The smallest absolute Gasteiger partial charge is 0.191 e. The fraction of sp³-hybridized carbons (Fsp3) is 0.600. The Morgan fingerprint density at radius 1 is 1.29 bits per heavy atom. The molecule has 0 unspecified atom stereocenters. The lowest BCUT2D eigenvalue weighted by atomic mass is 10.2. The number of hydrogen-bond acceptors (Lipinski definition) is 5. The first-order valence-electron chi connectivity index (χ1n) is 9.79. The van der Waals surface area contributed by atoms with Gasteiger partial charge in [-0.3, -0.25) is 4.68 Å². The summed E-state index contributed by atoms with van der Waals surface area (Å²) in [4.78, 5) is 4.71. The van der Waals surface area contributed by atoms with E-state index in [0.29, 0.717) is 26.4 Å². The number of guanidine groups is 1. The van der Waals surface area contributed by atoms with Crippen molar-refractivity contribution in [3.05, 3.63) is 41.1 Å². The van der Waals surface area contributed by atoms with Crippen LogP contribution in [-0.2, 0) is 29.2 Å². The van der Waals surface area contributed by atoms with Crippen molar-refractivity contribution in [1.82, 2.24) is 20.4 Å². The van der Waals surface area contributed by atoms with Gasteiger partial charge in [0.1, 0.15) is 12.4 Å². The molecule has 8 nitrogen and oxygen atoms in total. The SMILES string of the molecule is CCNC(=NCc1c(C)nn(CCOC)c1C)NCCCOCc1ccco1. The largest absolute Gasteiger partial charge is 0.467 e. The first-order valence-corrected chi connectivity index (χ1v) is 9.79. The van der Waals surface area contributed by atoms with Crippen molar-refractivity contribution in [1.29, 1.82) is 0 Å². The molecular formula is C20H33N5O3. The molecule has 0 saturated carbocycles. The van der Waals surface area contributed by atoms with Crippen molar-refractivity contribution in [2.45, 2.75) is 46.9 Å². The third-order valence-electron chi connectivity index (χ3n) is 4.36. The molecule has 0 atom stereocenters. The van der Waals surface area contributed by atoms with Crippen molar-refractivity contribution < 1.29 is 13.9 Å². The molecule has 0 amide bonds. The number of aliphatic imine (C=N–C) groups is 1. The highest BCUT2D eigenvalue weighted by molar-refractivity contribution is 5.79. The molecule has 0 aliphatic carbocycles. The fourth-order valence-corrected chi connectivity index (χ4v) is 2.81. The molecule has 28 heavy (non-hydrogen) atoms. The molecule has 156 valence electrons. The molecule has 0 saturated heterocycles. The quantitative estimate of drug-likeness (QED) is 0.328. The second-order valence-electron chi connectivity index (χ2n) is 6.47. The van der Waals surface area contributed by atoms with Crippen LogP contribution in [-0.4, -0.2) is 49.2 Å². The lowest BCUT2D eigenvalue weighted by Gasteiger charge is -2.11. The summed E-state index contributed by atoms with van der Waals surface area (Å²) in [5, 5.41) is 11.2. The van der Waals surface area contributed by atoms with Crippen LogP contribution in [0, 0.1) is 13.8 Å². The van der Waals surface area contributed by atoms with E-state index >= 15 is 0 Å². The Labute approximate surface area is 167 Å².